The minimum absolute atomic E-state index is 0.00810. The van der Waals surface area contributed by atoms with Gasteiger partial charge in [0, 0.05) is 5.25 Å². The maximum absolute atomic E-state index is 14.1. The summed E-state index contributed by atoms with van der Waals surface area (Å²) in [6.45, 7) is 3.79. The lowest BCUT2D eigenvalue weighted by Gasteiger charge is -2.28. The third kappa shape index (κ3) is 2.44. The van der Waals surface area contributed by atoms with Gasteiger partial charge in [-0.1, -0.05) is 13.0 Å². The molecule has 1 aromatic carbocycles. The summed E-state index contributed by atoms with van der Waals surface area (Å²) in [5, 5.41) is 5.55. The second-order valence-corrected chi connectivity index (χ2v) is 7.70. The van der Waals surface area contributed by atoms with Gasteiger partial charge in [-0.2, -0.15) is 0 Å². The standard InChI is InChI=1S/C15H15F2NS2/c1-8-3-4-11(16)14(13(8)17)18-12-7-9(2)20-15-10(12)5-6-19-15/h3-6,9,12,18H,7H2,1-2H3/t9-,12?/m0/s1. The Labute approximate surface area is 125 Å². The summed E-state index contributed by atoms with van der Waals surface area (Å²) in [4.78, 5) is 0. The molecule has 2 aromatic rings. The van der Waals surface area contributed by atoms with Crippen molar-refractivity contribution in [3.8, 4) is 0 Å². The largest absolute Gasteiger partial charge is 0.373 e. The van der Waals surface area contributed by atoms with Crippen LogP contribution in [0.25, 0.3) is 0 Å². The maximum Gasteiger partial charge on any atom is 0.152 e. The van der Waals surface area contributed by atoms with Crippen LogP contribution in [-0.4, -0.2) is 5.25 Å². The quantitative estimate of drug-likeness (QED) is 0.800. The Bertz CT molecular complexity index is 639. The van der Waals surface area contributed by atoms with Crippen molar-refractivity contribution in [2.24, 2.45) is 0 Å². The number of benzene rings is 1. The van der Waals surface area contributed by atoms with Gasteiger partial charge in [-0.3, -0.25) is 0 Å². The van der Waals surface area contributed by atoms with E-state index in [1.165, 1.54) is 16.3 Å². The van der Waals surface area contributed by atoms with E-state index in [-0.39, 0.29) is 11.7 Å². The zero-order valence-corrected chi connectivity index (χ0v) is 12.9. The summed E-state index contributed by atoms with van der Waals surface area (Å²) >= 11 is 3.53. The molecule has 0 amide bonds. The molecule has 3 rings (SSSR count). The van der Waals surface area contributed by atoms with Crippen molar-refractivity contribution >= 4 is 28.8 Å². The molecule has 0 spiro atoms. The van der Waals surface area contributed by atoms with Gasteiger partial charge in [-0.15, -0.1) is 23.1 Å². The molecule has 0 aliphatic carbocycles. The van der Waals surface area contributed by atoms with E-state index in [1.807, 2.05) is 23.2 Å². The molecule has 2 atom stereocenters. The number of thioether (sulfide) groups is 1. The number of anilines is 1. The van der Waals surface area contributed by atoms with Gasteiger partial charge < -0.3 is 5.32 Å². The first-order valence-electron chi connectivity index (χ1n) is 6.51. The molecule has 0 saturated carbocycles. The molecule has 106 valence electrons. The van der Waals surface area contributed by atoms with Crippen LogP contribution in [0.15, 0.2) is 27.8 Å². The van der Waals surface area contributed by atoms with Crippen LogP contribution < -0.4 is 5.32 Å². The molecule has 20 heavy (non-hydrogen) atoms. The van der Waals surface area contributed by atoms with Crippen molar-refractivity contribution in [3.05, 3.63) is 46.3 Å². The Morgan fingerprint density at radius 2 is 2.05 bits per heavy atom. The van der Waals surface area contributed by atoms with Crippen molar-refractivity contribution < 1.29 is 8.78 Å². The molecular weight excluding hydrogens is 296 g/mol. The van der Waals surface area contributed by atoms with Gasteiger partial charge in [0.25, 0.3) is 0 Å². The number of fused-ring (bicyclic) bond motifs is 1. The van der Waals surface area contributed by atoms with E-state index in [0.29, 0.717) is 10.8 Å². The highest BCUT2D eigenvalue weighted by molar-refractivity contribution is 8.01. The Morgan fingerprint density at radius 1 is 1.25 bits per heavy atom. The van der Waals surface area contributed by atoms with Crippen LogP contribution in [0.3, 0.4) is 0 Å². The topological polar surface area (TPSA) is 12.0 Å². The predicted octanol–water partition coefficient (Wildman–Crippen LogP) is 5.37. The predicted molar refractivity (Wildman–Crippen MR) is 81.7 cm³/mol. The molecule has 1 N–H and O–H groups in total. The fraction of sp³-hybridized carbons (Fsp3) is 0.333. The van der Waals surface area contributed by atoms with Gasteiger partial charge in [0.15, 0.2) is 5.82 Å². The second kappa shape index (κ2) is 5.37. The fourth-order valence-electron chi connectivity index (χ4n) is 2.45. The summed E-state index contributed by atoms with van der Waals surface area (Å²) in [5.74, 6) is -1.02. The van der Waals surface area contributed by atoms with Crippen LogP contribution in [-0.2, 0) is 0 Å². The highest BCUT2D eigenvalue weighted by Gasteiger charge is 2.27. The average molecular weight is 311 g/mol. The average Bonchev–Trinajstić information content (AvgIpc) is 2.87. The molecular formula is C15H15F2NS2. The first-order chi connectivity index (χ1) is 9.56. The van der Waals surface area contributed by atoms with Crippen molar-refractivity contribution in [2.45, 2.75) is 35.8 Å². The number of nitrogens with one attached hydrogen (secondary N) is 1. The highest BCUT2D eigenvalue weighted by Crippen LogP contribution is 2.45. The van der Waals surface area contributed by atoms with Crippen LogP contribution in [0.4, 0.5) is 14.5 Å². The highest BCUT2D eigenvalue weighted by atomic mass is 32.2. The van der Waals surface area contributed by atoms with Crippen molar-refractivity contribution in [2.75, 3.05) is 5.32 Å². The molecule has 1 unspecified atom stereocenters. The molecule has 0 fully saturated rings. The SMILES string of the molecule is Cc1ccc(F)c(NC2C[C@H](C)Sc3sccc32)c1F. The normalized spacial score (nSPS) is 21.6. The van der Waals surface area contributed by atoms with Crippen molar-refractivity contribution in [3.63, 3.8) is 0 Å². The van der Waals surface area contributed by atoms with Crippen LogP contribution in [0.1, 0.15) is 30.5 Å². The number of rotatable bonds is 2. The van der Waals surface area contributed by atoms with Crippen LogP contribution in [0.5, 0.6) is 0 Å². The summed E-state index contributed by atoms with van der Waals surface area (Å²) < 4.78 is 29.2. The molecule has 1 aliphatic rings. The van der Waals surface area contributed by atoms with E-state index >= 15 is 0 Å². The van der Waals surface area contributed by atoms with Gasteiger partial charge >= 0.3 is 0 Å². The Hall–Kier alpha value is -1.07. The molecule has 1 aromatic heterocycles. The summed E-state index contributed by atoms with van der Waals surface area (Å²) in [6, 6.07) is 4.79. The monoisotopic (exact) mass is 311 g/mol. The minimum atomic E-state index is -0.532. The summed E-state index contributed by atoms with van der Waals surface area (Å²) in [7, 11) is 0. The molecule has 2 heterocycles. The Morgan fingerprint density at radius 3 is 2.85 bits per heavy atom. The molecule has 1 nitrogen and oxygen atoms in total. The van der Waals surface area contributed by atoms with Gasteiger partial charge in [-0.05, 0) is 42.0 Å². The smallest absolute Gasteiger partial charge is 0.152 e. The summed E-state index contributed by atoms with van der Waals surface area (Å²) in [6.07, 6.45) is 0.862. The zero-order valence-electron chi connectivity index (χ0n) is 11.2. The van der Waals surface area contributed by atoms with E-state index in [4.69, 9.17) is 0 Å². The summed E-state index contributed by atoms with van der Waals surface area (Å²) in [5.41, 5.74) is 1.60. The minimum Gasteiger partial charge on any atom is -0.373 e. The van der Waals surface area contributed by atoms with Crippen LogP contribution in [0, 0.1) is 18.6 Å². The first kappa shape index (κ1) is 13.9. The van der Waals surface area contributed by atoms with Crippen LogP contribution >= 0.6 is 23.1 Å². The third-order valence-electron chi connectivity index (χ3n) is 3.51. The van der Waals surface area contributed by atoms with Crippen molar-refractivity contribution in [1.29, 1.82) is 0 Å². The Kier molecular flexibility index (Phi) is 3.73. The lowest BCUT2D eigenvalue weighted by molar-refractivity contribution is 0.570. The van der Waals surface area contributed by atoms with E-state index < -0.39 is 11.6 Å². The van der Waals surface area contributed by atoms with E-state index in [0.717, 1.165) is 12.0 Å². The molecule has 0 bridgehead atoms. The lowest BCUT2D eigenvalue weighted by Crippen LogP contribution is -2.20. The van der Waals surface area contributed by atoms with Gasteiger partial charge in [0.1, 0.15) is 11.5 Å². The molecule has 0 radical (unpaired) electrons. The van der Waals surface area contributed by atoms with Gasteiger partial charge in [0.2, 0.25) is 0 Å². The number of halogens is 2. The van der Waals surface area contributed by atoms with Crippen molar-refractivity contribution in [1.82, 2.24) is 0 Å². The zero-order chi connectivity index (χ0) is 14.3. The Balaban J connectivity index is 1.95. The fourth-order valence-corrected chi connectivity index (χ4v) is 5.02. The second-order valence-electron chi connectivity index (χ2n) is 5.08. The van der Waals surface area contributed by atoms with Crippen LogP contribution in [0.2, 0.25) is 0 Å². The van der Waals surface area contributed by atoms with E-state index in [2.05, 4.69) is 12.2 Å². The molecule has 0 saturated heterocycles. The molecule has 5 heteroatoms. The first-order valence-corrected chi connectivity index (χ1v) is 8.27. The third-order valence-corrected chi connectivity index (χ3v) is 5.86. The number of aryl methyl sites for hydroxylation is 1. The van der Waals surface area contributed by atoms with Gasteiger partial charge in [0.05, 0.1) is 10.3 Å². The lowest BCUT2D eigenvalue weighted by atomic mass is 10.0. The van der Waals surface area contributed by atoms with E-state index in [9.17, 15) is 8.78 Å². The maximum atomic E-state index is 14.1. The number of thiophene rings is 1. The number of hydrogen-bond acceptors (Lipinski definition) is 3. The number of hydrogen-bond donors (Lipinski definition) is 1. The molecule has 1 aliphatic heterocycles. The van der Waals surface area contributed by atoms with Gasteiger partial charge in [-0.25, -0.2) is 8.78 Å². The van der Waals surface area contributed by atoms with E-state index in [1.54, 1.807) is 18.3 Å².